The molecular formula is C13H12BrNO. The van der Waals surface area contributed by atoms with Crippen molar-refractivity contribution in [1.29, 1.82) is 0 Å². The van der Waals surface area contributed by atoms with Crippen molar-refractivity contribution in [2.24, 2.45) is 0 Å². The number of benzene rings is 2. The molecule has 0 amide bonds. The van der Waals surface area contributed by atoms with E-state index >= 15 is 0 Å². The minimum atomic E-state index is 0.202. The molecule has 2 aromatic carbocycles. The molecule has 0 aromatic heterocycles. The first-order chi connectivity index (χ1) is 7.66. The Balaban J connectivity index is 2.31. The number of phenols is 1. The summed E-state index contributed by atoms with van der Waals surface area (Å²) in [5.74, 6) is 0.202. The van der Waals surface area contributed by atoms with Crippen molar-refractivity contribution in [3.05, 3.63) is 58.1 Å². The van der Waals surface area contributed by atoms with Crippen LogP contribution in [0.3, 0.4) is 0 Å². The normalized spacial score (nSPS) is 10.3. The molecule has 2 rings (SSSR count). The molecule has 3 N–H and O–H groups in total. The van der Waals surface area contributed by atoms with Crippen LogP contribution in [0.15, 0.2) is 46.9 Å². The van der Waals surface area contributed by atoms with Gasteiger partial charge in [0, 0.05) is 22.6 Å². The van der Waals surface area contributed by atoms with E-state index in [-0.39, 0.29) is 5.75 Å². The molecule has 0 aliphatic heterocycles. The number of nitrogen functional groups attached to an aromatic ring is 1. The predicted octanol–water partition coefficient (Wildman–Crippen LogP) is 3.33. The maximum Gasteiger partial charge on any atom is 0.117 e. The topological polar surface area (TPSA) is 46.2 Å². The van der Waals surface area contributed by atoms with E-state index in [1.807, 2.05) is 24.3 Å². The number of nitrogens with two attached hydrogens (primary N) is 1. The Bertz CT molecular complexity index is 511. The summed E-state index contributed by atoms with van der Waals surface area (Å²) in [4.78, 5) is 0. The Kier molecular flexibility index (Phi) is 3.15. The molecule has 0 fully saturated rings. The molecule has 0 radical (unpaired) electrons. The minimum Gasteiger partial charge on any atom is -0.508 e. The fourth-order valence-corrected chi connectivity index (χ4v) is 2.02. The summed E-state index contributed by atoms with van der Waals surface area (Å²) in [5, 5.41) is 9.27. The molecule has 0 heterocycles. The first-order valence-electron chi connectivity index (χ1n) is 4.97. The molecule has 0 spiro atoms. The van der Waals surface area contributed by atoms with E-state index < -0.39 is 0 Å². The maximum absolute atomic E-state index is 9.27. The first-order valence-corrected chi connectivity index (χ1v) is 5.77. The van der Waals surface area contributed by atoms with Crippen LogP contribution in [-0.2, 0) is 6.42 Å². The van der Waals surface area contributed by atoms with Crippen LogP contribution in [0.5, 0.6) is 5.75 Å². The summed E-state index contributed by atoms with van der Waals surface area (Å²) in [5.41, 5.74) is 8.66. The highest BCUT2D eigenvalue weighted by atomic mass is 79.9. The number of hydrogen-bond donors (Lipinski definition) is 2. The Morgan fingerprint density at radius 1 is 1.06 bits per heavy atom. The smallest absolute Gasteiger partial charge is 0.117 e. The van der Waals surface area contributed by atoms with Crippen molar-refractivity contribution >= 4 is 21.6 Å². The van der Waals surface area contributed by atoms with E-state index in [4.69, 9.17) is 5.73 Å². The number of rotatable bonds is 2. The van der Waals surface area contributed by atoms with E-state index in [9.17, 15) is 5.11 Å². The van der Waals surface area contributed by atoms with Gasteiger partial charge in [0.15, 0.2) is 0 Å². The van der Waals surface area contributed by atoms with Gasteiger partial charge in [-0.3, -0.25) is 0 Å². The standard InChI is InChI=1S/C13H12BrNO/c14-12-4-2-1-3-9(12)7-10-5-6-11(16)8-13(10)15/h1-6,8,16H,7,15H2. The third kappa shape index (κ3) is 2.36. The van der Waals surface area contributed by atoms with Crippen LogP contribution in [-0.4, -0.2) is 5.11 Å². The molecule has 2 nitrogen and oxygen atoms in total. The van der Waals surface area contributed by atoms with Gasteiger partial charge in [-0.15, -0.1) is 0 Å². The third-order valence-corrected chi connectivity index (χ3v) is 3.24. The summed E-state index contributed by atoms with van der Waals surface area (Å²) in [6.45, 7) is 0. The van der Waals surface area contributed by atoms with Gasteiger partial charge < -0.3 is 10.8 Å². The maximum atomic E-state index is 9.27. The van der Waals surface area contributed by atoms with Crippen molar-refractivity contribution in [1.82, 2.24) is 0 Å². The molecule has 0 aliphatic carbocycles. The van der Waals surface area contributed by atoms with Gasteiger partial charge in [-0.25, -0.2) is 0 Å². The highest BCUT2D eigenvalue weighted by Crippen LogP contribution is 2.24. The molecule has 0 aliphatic rings. The van der Waals surface area contributed by atoms with Gasteiger partial charge in [-0.2, -0.15) is 0 Å². The predicted molar refractivity (Wildman–Crippen MR) is 69.5 cm³/mol. The molecule has 0 saturated heterocycles. The molecule has 0 bridgehead atoms. The van der Waals surface area contributed by atoms with Crippen LogP contribution >= 0.6 is 15.9 Å². The molecular weight excluding hydrogens is 266 g/mol. The van der Waals surface area contributed by atoms with E-state index in [0.717, 1.165) is 16.5 Å². The summed E-state index contributed by atoms with van der Waals surface area (Å²) in [7, 11) is 0. The van der Waals surface area contributed by atoms with Gasteiger partial charge in [0.05, 0.1) is 0 Å². The van der Waals surface area contributed by atoms with E-state index in [0.29, 0.717) is 5.69 Å². The average Bonchev–Trinajstić information content (AvgIpc) is 2.25. The molecule has 82 valence electrons. The Morgan fingerprint density at radius 2 is 1.81 bits per heavy atom. The monoisotopic (exact) mass is 277 g/mol. The Hall–Kier alpha value is -1.48. The van der Waals surface area contributed by atoms with Crippen LogP contribution in [0.4, 0.5) is 5.69 Å². The van der Waals surface area contributed by atoms with Gasteiger partial charge in [-0.05, 0) is 23.3 Å². The third-order valence-electron chi connectivity index (χ3n) is 2.47. The van der Waals surface area contributed by atoms with Gasteiger partial charge in [0.1, 0.15) is 5.75 Å². The van der Waals surface area contributed by atoms with Gasteiger partial charge in [0.2, 0.25) is 0 Å². The largest absolute Gasteiger partial charge is 0.508 e. The van der Waals surface area contributed by atoms with Crippen LogP contribution < -0.4 is 5.73 Å². The highest BCUT2D eigenvalue weighted by Gasteiger charge is 2.04. The quantitative estimate of drug-likeness (QED) is 0.828. The number of halogens is 1. The van der Waals surface area contributed by atoms with Crippen LogP contribution in [0.2, 0.25) is 0 Å². The van der Waals surface area contributed by atoms with Gasteiger partial charge in [-0.1, -0.05) is 40.2 Å². The van der Waals surface area contributed by atoms with Crippen molar-refractivity contribution in [2.45, 2.75) is 6.42 Å². The number of hydrogen-bond acceptors (Lipinski definition) is 2. The molecule has 16 heavy (non-hydrogen) atoms. The fraction of sp³-hybridized carbons (Fsp3) is 0.0769. The molecule has 2 aromatic rings. The zero-order valence-corrected chi connectivity index (χ0v) is 10.2. The summed E-state index contributed by atoms with van der Waals surface area (Å²) >= 11 is 3.50. The lowest BCUT2D eigenvalue weighted by Crippen LogP contribution is -1.96. The second-order valence-corrected chi connectivity index (χ2v) is 4.51. The van der Waals surface area contributed by atoms with Crippen molar-refractivity contribution < 1.29 is 5.11 Å². The van der Waals surface area contributed by atoms with Crippen LogP contribution in [0.1, 0.15) is 11.1 Å². The minimum absolute atomic E-state index is 0.202. The zero-order valence-electron chi connectivity index (χ0n) is 8.65. The molecule has 3 heteroatoms. The summed E-state index contributed by atoms with van der Waals surface area (Å²) in [6, 6.07) is 13.1. The highest BCUT2D eigenvalue weighted by molar-refractivity contribution is 9.10. The summed E-state index contributed by atoms with van der Waals surface area (Å²) in [6.07, 6.45) is 0.757. The van der Waals surface area contributed by atoms with E-state index in [1.54, 1.807) is 12.1 Å². The fourth-order valence-electron chi connectivity index (χ4n) is 1.59. The lowest BCUT2D eigenvalue weighted by Gasteiger charge is -2.07. The number of aromatic hydroxyl groups is 1. The summed E-state index contributed by atoms with van der Waals surface area (Å²) < 4.78 is 1.07. The molecule has 0 unspecified atom stereocenters. The SMILES string of the molecule is Nc1cc(O)ccc1Cc1ccccc1Br. The van der Waals surface area contributed by atoms with Crippen molar-refractivity contribution in [3.8, 4) is 5.75 Å². The molecule has 0 saturated carbocycles. The lowest BCUT2D eigenvalue weighted by molar-refractivity contribution is 0.475. The van der Waals surface area contributed by atoms with Gasteiger partial charge >= 0.3 is 0 Å². The van der Waals surface area contributed by atoms with E-state index in [1.165, 1.54) is 5.56 Å². The Morgan fingerprint density at radius 3 is 2.50 bits per heavy atom. The second-order valence-electron chi connectivity index (χ2n) is 3.65. The molecule has 0 atom stereocenters. The van der Waals surface area contributed by atoms with Crippen LogP contribution in [0.25, 0.3) is 0 Å². The van der Waals surface area contributed by atoms with E-state index in [2.05, 4.69) is 22.0 Å². The zero-order chi connectivity index (χ0) is 11.5. The van der Waals surface area contributed by atoms with Crippen LogP contribution in [0, 0.1) is 0 Å². The average molecular weight is 278 g/mol. The lowest BCUT2D eigenvalue weighted by atomic mass is 10.0. The Labute approximate surface area is 103 Å². The van der Waals surface area contributed by atoms with Crippen molar-refractivity contribution in [2.75, 3.05) is 5.73 Å². The van der Waals surface area contributed by atoms with Crippen molar-refractivity contribution in [3.63, 3.8) is 0 Å². The van der Waals surface area contributed by atoms with Gasteiger partial charge in [0.25, 0.3) is 0 Å². The first kappa shape index (κ1) is 11.0. The number of anilines is 1. The number of phenolic OH excluding ortho intramolecular Hbond substituents is 1. The second kappa shape index (κ2) is 4.58.